The fourth-order valence-electron chi connectivity index (χ4n) is 6.24. The molecule has 7 rings (SSSR count). The maximum Gasteiger partial charge on any atom is 0.335 e. The van der Waals surface area contributed by atoms with Gasteiger partial charge in [-0.3, -0.25) is 14.4 Å². The molecule has 3 aliphatic heterocycles. The van der Waals surface area contributed by atoms with Gasteiger partial charge in [-0.05, 0) is 60.2 Å². The van der Waals surface area contributed by atoms with Gasteiger partial charge in [0.05, 0.1) is 23.6 Å². The number of imide groups is 1. The number of fused-ring (bicyclic) bond motifs is 5. The average molecular weight is 559 g/mol. The highest BCUT2D eigenvalue weighted by molar-refractivity contribution is 6.24. The number of carbonyl (C=O) groups excluding carboxylic acids is 4. The van der Waals surface area contributed by atoms with Crippen molar-refractivity contribution >= 4 is 41.0 Å². The number of esters is 1. The van der Waals surface area contributed by atoms with E-state index < -0.39 is 47.5 Å². The standard InChI is InChI=1S/C34H23FN2O5/c35-23-13-15-24(16-14-23)36-32(39)28-27-19-12-20-6-4-5-9-26(20)37(27)30(29(28)33(36)40)34(41)42-25-17-10-22(11-18-25)31(38)21-7-2-1-3-8-21/h1-19,27-30H/t27-,28-,29-,30+/m1/s1. The van der Waals surface area contributed by atoms with Gasteiger partial charge in [0.1, 0.15) is 17.6 Å². The maximum absolute atomic E-state index is 13.9. The summed E-state index contributed by atoms with van der Waals surface area (Å²) in [6.07, 6.45) is 3.73. The zero-order chi connectivity index (χ0) is 29.0. The molecule has 2 amide bonds. The number of nitrogens with zero attached hydrogens (tertiary/aromatic N) is 2. The average Bonchev–Trinajstić information content (AvgIpc) is 3.50. The lowest BCUT2D eigenvalue weighted by Crippen LogP contribution is -2.50. The fraction of sp³-hybridized carbons (Fsp3) is 0.118. The number of anilines is 2. The van der Waals surface area contributed by atoms with E-state index in [9.17, 15) is 23.6 Å². The molecule has 0 unspecified atom stereocenters. The van der Waals surface area contributed by atoms with Gasteiger partial charge in [0.25, 0.3) is 0 Å². The van der Waals surface area contributed by atoms with E-state index in [2.05, 4.69) is 0 Å². The molecule has 0 saturated carbocycles. The normalized spacial score (nSPS) is 22.0. The molecule has 4 aromatic carbocycles. The number of rotatable bonds is 5. The van der Waals surface area contributed by atoms with Crippen LogP contribution in [0.1, 0.15) is 21.5 Å². The predicted octanol–water partition coefficient (Wildman–Crippen LogP) is 5.05. The second-order valence-electron chi connectivity index (χ2n) is 10.4. The van der Waals surface area contributed by atoms with Gasteiger partial charge in [0.15, 0.2) is 5.78 Å². The van der Waals surface area contributed by atoms with Crippen LogP contribution in [0.15, 0.2) is 109 Å². The monoisotopic (exact) mass is 558 g/mol. The Kier molecular flexibility index (Phi) is 6.04. The van der Waals surface area contributed by atoms with E-state index in [0.717, 1.165) is 16.2 Å². The van der Waals surface area contributed by atoms with Crippen LogP contribution >= 0.6 is 0 Å². The van der Waals surface area contributed by atoms with Gasteiger partial charge < -0.3 is 9.64 Å². The van der Waals surface area contributed by atoms with Crippen LogP contribution in [0.4, 0.5) is 15.8 Å². The first-order valence-electron chi connectivity index (χ1n) is 13.5. The third kappa shape index (κ3) is 4.03. The van der Waals surface area contributed by atoms with Crippen LogP contribution in [0.25, 0.3) is 6.08 Å². The lowest BCUT2D eigenvalue weighted by atomic mass is 9.89. The van der Waals surface area contributed by atoms with Crippen molar-refractivity contribution in [2.45, 2.75) is 12.1 Å². The van der Waals surface area contributed by atoms with E-state index in [1.807, 2.05) is 42.5 Å². The van der Waals surface area contributed by atoms with Crippen LogP contribution in [-0.4, -0.2) is 35.7 Å². The highest BCUT2D eigenvalue weighted by Gasteiger charge is 2.65. The number of hydrogen-bond acceptors (Lipinski definition) is 6. The molecule has 2 saturated heterocycles. The second kappa shape index (κ2) is 9.92. The first kappa shape index (κ1) is 25.6. The van der Waals surface area contributed by atoms with Gasteiger partial charge in [-0.15, -0.1) is 0 Å². The van der Waals surface area contributed by atoms with Crippen molar-refractivity contribution in [1.82, 2.24) is 0 Å². The van der Waals surface area contributed by atoms with E-state index >= 15 is 0 Å². The van der Waals surface area contributed by atoms with Crippen molar-refractivity contribution < 1.29 is 28.3 Å². The van der Waals surface area contributed by atoms with E-state index in [1.54, 1.807) is 41.3 Å². The Bertz CT molecular complexity index is 1770. The molecular formula is C34H23FN2O5. The van der Waals surface area contributed by atoms with E-state index in [0.29, 0.717) is 11.1 Å². The Hall–Kier alpha value is -5.37. The number of amides is 2. The largest absolute Gasteiger partial charge is 0.425 e. The molecular weight excluding hydrogens is 535 g/mol. The summed E-state index contributed by atoms with van der Waals surface area (Å²) in [5.41, 5.74) is 2.80. The summed E-state index contributed by atoms with van der Waals surface area (Å²) in [4.78, 5) is 57.2. The molecule has 0 N–H and O–H groups in total. The second-order valence-corrected chi connectivity index (χ2v) is 10.4. The Morgan fingerprint density at radius 3 is 2.10 bits per heavy atom. The van der Waals surface area contributed by atoms with Crippen LogP contribution in [-0.2, 0) is 14.4 Å². The molecule has 0 bridgehead atoms. The minimum absolute atomic E-state index is 0.164. The van der Waals surface area contributed by atoms with Crippen molar-refractivity contribution in [2.75, 3.05) is 9.80 Å². The molecule has 7 nitrogen and oxygen atoms in total. The van der Waals surface area contributed by atoms with Gasteiger partial charge >= 0.3 is 5.97 Å². The van der Waals surface area contributed by atoms with Crippen molar-refractivity contribution in [3.8, 4) is 5.75 Å². The van der Waals surface area contributed by atoms with Crippen LogP contribution in [0, 0.1) is 17.7 Å². The molecule has 3 aliphatic rings. The zero-order valence-electron chi connectivity index (χ0n) is 22.1. The summed E-state index contributed by atoms with van der Waals surface area (Å²) in [6, 6.07) is 26.0. The lowest BCUT2D eigenvalue weighted by Gasteiger charge is -2.36. The molecule has 206 valence electrons. The number of benzene rings is 4. The maximum atomic E-state index is 13.9. The predicted molar refractivity (Wildman–Crippen MR) is 153 cm³/mol. The third-order valence-electron chi connectivity index (χ3n) is 8.11. The first-order chi connectivity index (χ1) is 20.4. The van der Waals surface area contributed by atoms with Crippen LogP contribution < -0.4 is 14.5 Å². The molecule has 0 aliphatic carbocycles. The van der Waals surface area contributed by atoms with Gasteiger partial charge in [0.2, 0.25) is 11.8 Å². The molecule has 0 radical (unpaired) electrons. The smallest absolute Gasteiger partial charge is 0.335 e. The molecule has 2 fully saturated rings. The number of halogens is 1. The summed E-state index contributed by atoms with van der Waals surface area (Å²) >= 11 is 0. The number of ether oxygens (including phenoxy) is 1. The quantitative estimate of drug-likeness (QED) is 0.148. The number of carbonyl (C=O) groups is 4. The van der Waals surface area contributed by atoms with Gasteiger partial charge in [-0.1, -0.05) is 60.7 Å². The summed E-state index contributed by atoms with van der Waals surface area (Å²) in [5, 5.41) is 0. The highest BCUT2D eigenvalue weighted by atomic mass is 19.1. The summed E-state index contributed by atoms with van der Waals surface area (Å²) in [6.45, 7) is 0. The SMILES string of the molecule is O=C(c1ccccc1)c1ccc(OC(=O)[C@@H]2[C@@H]3C(=O)N(c4ccc(F)cc4)C(=O)[C@@H]3[C@H]3C=Cc4ccccc4N32)cc1. The minimum atomic E-state index is -1.10. The number of ketones is 1. The Balaban J connectivity index is 1.22. The molecule has 42 heavy (non-hydrogen) atoms. The minimum Gasteiger partial charge on any atom is -0.425 e. The highest BCUT2D eigenvalue weighted by Crippen LogP contribution is 2.49. The molecule has 4 aromatic rings. The van der Waals surface area contributed by atoms with Crippen LogP contribution in [0.2, 0.25) is 0 Å². The molecule has 8 heteroatoms. The van der Waals surface area contributed by atoms with Crippen LogP contribution in [0.3, 0.4) is 0 Å². The zero-order valence-corrected chi connectivity index (χ0v) is 22.1. The third-order valence-corrected chi connectivity index (χ3v) is 8.11. The van der Waals surface area contributed by atoms with Crippen molar-refractivity contribution in [3.63, 3.8) is 0 Å². The summed E-state index contributed by atoms with van der Waals surface area (Å²) in [7, 11) is 0. The van der Waals surface area contributed by atoms with Gasteiger partial charge in [-0.2, -0.15) is 0 Å². The van der Waals surface area contributed by atoms with E-state index in [-0.39, 0.29) is 17.2 Å². The lowest BCUT2D eigenvalue weighted by molar-refractivity contribution is -0.139. The molecule has 0 spiro atoms. The van der Waals surface area contributed by atoms with Crippen LogP contribution in [0.5, 0.6) is 5.75 Å². The molecule has 0 aromatic heterocycles. The molecule has 3 heterocycles. The summed E-state index contributed by atoms with van der Waals surface area (Å²) in [5.74, 6) is -3.99. The van der Waals surface area contributed by atoms with E-state index in [1.165, 1.54) is 36.4 Å². The Labute approximate surface area is 240 Å². The number of para-hydroxylation sites is 1. The Morgan fingerprint density at radius 2 is 1.36 bits per heavy atom. The van der Waals surface area contributed by atoms with Crippen molar-refractivity contribution in [3.05, 3.63) is 132 Å². The van der Waals surface area contributed by atoms with Gasteiger partial charge in [0, 0.05) is 16.8 Å². The topological polar surface area (TPSA) is 84.0 Å². The molecule has 4 atom stereocenters. The Morgan fingerprint density at radius 1 is 0.714 bits per heavy atom. The van der Waals surface area contributed by atoms with E-state index in [4.69, 9.17) is 4.74 Å². The fourth-order valence-corrected chi connectivity index (χ4v) is 6.24. The van der Waals surface area contributed by atoms with Gasteiger partial charge in [-0.25, -0.2) is 14.1 Å². The number of hydrogen-bond donors (Lipinski definition) is 0. The van der Waals surface area contributed by atoms with Crippen molar-refractivity contribution in [2.24, 2.45) is 11.8 Å². The first-order valence-corrected chi connectivity index (χ1v) is 13.5. The van der Waals surface area contributed by atoms with Crippen molar-refractivity contribution in [1.29, 1.82) is 0 Å². The summed E-state index contributed by atoms with van der Waals surface area (Å²) < 4.78 is 19.4.